The molecule has 0 radical (unpaired) electrons. The summed E-state index contributed by atoms with van der Waals surface area (Å²) < 4.78 is 1.40. The van der Waals surface area contributed by atoms with Gasteiger partial charge in [-0.15, -0.1) is 0 Å². The van der Waals surface area contributed by atoms with Crippen molar-refractivity contribution < 1.29 is 73.2 Å². The molecule has 146 valence electrons. The van der Waals surface area contributed by atoms with E-state index in [1.165, 1.54) is 4.57 Å². The Hall–Kier alpha value is -1.02. The van der Waals surface area contributed by atoms with Crippen LogP contribution in [0.2, 0.25) is 0 Å². The summed E-state index contributed by atoms with van der Waals surface area (Å²) in [5, 5.41) is 38.8. The van der Waals surface area contributed by atoms with Gasteiger partial charge in [0, 0.05) is 0 Å². The fourth-order valence-corrected chi connectivity index (χ4v) is 2.89. The molecule has 28 heavy (non-hydrogen) atoms. The van der Waals surface area contributed by atoms with E-state index >= 15 is 0 Å². The first-order valence-electron chi connectivity index (χ1n) is 8.29. The number of benzene rings is 1. The summed E-state index contributed by atoms with van der Waals surface area (Å²) in [4.78, 5) is 34.0. The number of hydrogen-bond acceptors (Lipinski definition) is 8. The number of fused-ring (bicyclic) bond motifs is 2. The molecule has 1 aromatic rings. The standard InChI is InChI=1S/C17H20N4O6.K.H/c1-7-3-9-10(4-8(7)2)21(5-11(23)14(25)12(24)6-22)15-13(18-9)16(26)20-17(27)19-15;;/h3-4,11-12,14,22-25H,5-6H2,1-2H3,(H,20,26,27);;/q;+1;-1/t11-,12+,14-;;/m1../s1. The van der Waals surface area contributed by atoms with Crippen molar-refractivity contribution in [2.75, 3.05) is 6.61 Å². The van der Waals surface area contributed by atoms with Gasteiger partial charge in [-0.25, -0.2) is 9.78 Å². The quantitative estimate of drug-likeness (QED) is 0.205. The normalized spacial score (nSPS) is 14.6. The zero-order valence-corrected chi connectivity index (χ0v) is 18.9. The molecule has 0 spiro atoms. The number of aliphatic hydroxyl groups is 4. The minimum Gasteiger partial charge on any atom is -1.00 e. The van der Waals surface area contributed by atoms with Crippen LogP contribution in [0.5, 0.6) is 0 Å². The maximum atomic E-state index is 12.2. The van der Waals surface area contributed by atoms with Crippen LogP contribution in [0.1, 0.15) is 12.6 Å². The maximum Gasteiger partial charge on any atom is 1.00 e. The summed E-state index contributed by atoms with van der Waals surface area (Å²) in [7, 11) is 0. The van der Waals surface area contributed by atoms with Crippen LogP contribution in [0.3, 0.4) is 0 Å². The van der Waals surface area contributed by atoms with Gasteiger partial charge in [0.15, 0.2) is 11.5 Å². The van der Waals surface area contributed by atoms with Crippen LogP contribution in [0.25, 0.3) is 22.6 Å². The number of nitrogens with zero attached hydrogens (tertiary/aromatic N) is 3. The summed E-state index contributed by atoms with van der Waals surface area (Å²) in [6, 6.07) is 3.53. The van der Waals surface area contributed by atoms with E-state index in [-0.39, 0.29) is 70.9 Å². The zero-order chi connectivity index (χ0) is 19.9. The van der Waals surface area contributed by atoms with Crippen LogP contribution in [-0.2, 0) is 6.54 Å². The van der Waals surface area contributed by atoms with Gasteiger partial charge in [-0.05, 0) is 37.1 Å². The molecule has 1 aromatic carbocycles. The van der Waals surface area contributed by atoms with Crippen LogP contribution in [-0.4, -0.2) is 64.9 Å². The van der Waals surface area contributed by atoms with Crippen LogP contribution < -0.4 is 62.6 Å². The molecule has 2 heterocycles. The second-order valence-corrected chi connectivity index (χ2v) is 6.50. The number of aryl methyl sites for hydroxylation is 2. The van der Waals surface area contributed by atoms with Gasteiger partial charge in [0.05, 0.1) is 24.2 Å². The predicted octanol–water partition coefficient (Wildman–Crippen LogP) is -4.61. The first-order valence-corrected chi connectivity index (χ1v) is 8.29. The minimum atomic E-state index is -1.64. The minimum absolute atomic E-state index is 0. The van der Waals surface area contributed by atoms with E-state index in [1.54, 1.807) is 12.1 Å². The van der Waals surface area contributed by atoms with Crippen LogP contribution in [0, 0.1) is 13.8 Å². The van der Waals surface area contributed by atoms with Crippen LogP contribution in [0.4, 0.5) is 0 Å². The Labute approximate surface area is 203 Å². The summed E-state index contributed by atoms with van der Waals surface area (Å²) >= 11 is 0. The van der Waals surface area contributed by atoms with E-state index in [1.807, 2.05) is 13.8 Å². The monoisotopic (exact) mass is 416 g/mol. The number of nitrogens with one attached hydrogen (secondary N) is 1. The third-order valence-corrected chi connectivity index (χ3v) is 4.57. The van der Waals surface area contributed by atoms with Gasteiger partial charge in [-0.3, -0.25) is 9.78 Å². The largest absolute Gasteiger partial charge is 1.00 e. The zero-order valence-electron chi connectivity index (χ0n) is 16.7. The van der Waals surface area contributed by atoms with E-state index in [4.69, 9.17) is 5.11 Å². The molecule has 0 saturated heterocycles. The van der Waals surface area contributed by atoms with Gasteiger partial charge in [-0.2, -0.15) is 4.98 Å². The Bertz CT molecular complexity index is 1090. The molecule has 11 heteroatoms. The van der Waals surface area contributed by atoms with Gasteiger partial charge >= 0.3 is 57.1 Å². The Morgan fingerprint density at radius 1 is 1.11 bits per heavy atom. The Balaban J connectivity index is 0.00000210. The molecular formula is C17H21KN4O6. The van der Waals surface area contributed by atoms with E-state index in [2.05, 4.69) is 15.0 Å². The van der Waals surface area contributed by atoms with E-state index in [0.29, 0.717) is 11.0 Å². The number of H-pyrrole nitrogens is 1. The molecule has 0 aromatic heterocycles. The molecule has 0 aliphatic carbocycles. The van der Waals surface area contributed by atoms with Gasteiger partial charge in [-0.1, -0.05) is 0 Å². The molecule has 2 aliphatic rings. The van der Waals surface area contributed by atoms with Crippen molar-refractivity contribution in [3.63, 3.8) is 0 Å². The van der Waals surface area contributed by atoms with Gasteiger partial charge in [0.1, 0.15) is 18.3 Å². The van der Waals surface area contributed by atoms with E-state index < -0.39 is 36.2 Å². The first-order chi connectivity index (χ1) is 12.7. The molecule has 10 nitrogen and oxygen atoms in total. The van der Waals surface area contributed by atoms with Crippen molar-refractivity contribution in [3.05, 3.63) is 44.1 Å². The number of rotatable bonds is 5. The molecule has 5 N–H and O–H groups in total. The van der Waals surface area contributed by atoms with Crippen molar-refractivity contribution in [2.45, 2.75) is 38.7 Å². The van der Waals surface area contributed by atoms with Crippen molar-refractivity contribution in [1.29, 1.82) is 0 Å². The maximum absolute atomic E-state index is 12.2. The smallest absolute Gasteiger partial charge is 1.00 e. The van der Waals surface area contributed by atoms with Crippen molar-refractivity contribution >= 4 is 11.0 Å². The summed E-state index contributed by atoms with van der Waals surface area (Å²) in [6.45, 7) is 2.73. The average molecular weight is 416 g/mol. The van der Waals surface area contributed by atoms with Crippen LogP contribution in [0.15, 0.2) is 21.7 Å². The Morgan fingerprint density at radius 3 is 2.39 bits per heavy atom. The number of aromatic amines is 1. The summed E-state index contributed by atoms with van der Waals surface area (Å²) in [5.74, 6) is -0.0516. The second-order valence-electron chi connectivity index (χ2n) is 6.50. The molecular weight excluding hydrogens is 395 g/mol. The summed E-state index contributed by atoms with van der Waals surface area (Å²) in [6.07, 6.45) is -4.68. The average Bonchev–Trinajstić information content (AvgIpc) is 2.62. The van der Waals surface area contributed by atoms with Gasteiger partial charge in [0.2, 0.25) is 0 Å². The van der Waals surface area contributed by atoms with Gasteiger partial charge in [0.25, 0.3) is 5.56 Å². The van der Waals surface area contributed by atoms with Crippen molar-refractivity contribution in [1.82, 2.24) is 19.5 Å². The molecule has 3 atom stereocenters. The van der Waals surface area contributed by atoms with E-state index in [0.717, 1.165) is 11.1 Å². The van der Waals surface area contributed by atoms with Crippen molar-refractivity contribution in [2.24, 2.45) is 0 Å². The van der Waals surface area contributed by atoms with E-state index in [9.17, 15) is 24.9 Å². The molecule has 0 bridgehead atoms. The third-order valence-electron chi connectivity index (χ3n) is 4.57. The number of aliphatic hydroxyl groups excluding tert-OH is 4. The molecule has 0 fully saturated rings. The topological polar surface area (TPSA) is 162 Å². The van der Waals surface area contributed by atoms with Gasteiger partial charge < -0.3 is 26.4 Å². The fourth-order valence-electron chi connectivity index (χ4n) is 2.89. The Morgan fingerprint density at radius 2 is 1.75 bits per heavy atom. The predicted molar refractivity (Wildman–Crippen MR) is 96.7 cm³/mol. The second kappa shape index (κ2) is 9.20. The van der Waals surface area contributed by atoms with Crippen molar-refractivity contribution in [3.8, 4) is 11.5 Å². The first kappa shape index (κ1) is 23.3. The number of aromatic nitrogens is 4. The molecule has 0 amide bonds. The molecule has 0 saturated carbocycles. The molecule has 3 rings (SSSR count). The SMILES string of the molecule is Cc1cc2nc3c(=O)[nH]c(=O)nc-3n(C[C@@H](O)[C@@H](O)[C@@H](O)CO)c2cc1C.[H-].[K+]. The summed E-state index contributed by atoms with van der Waals surface area (Å²) in [5.41, 5.74) is 1.11. The van der Waals surface area contributed by atoms with Crippen LogP contribution >= 0.6 is 0 Å². The fraction of sp³-hybridized carbons (Fsp3) is 0.412. The third kappa shape index (κ3) is 4.42. The Kier molecular flexibility index (Phi) is 7.64. The number of hydrogen-bond donors (Lipinski definition) is 5. The molecule has 0 unspecified atom stereocenters. The molecule has 2 aliphatic heterocycles.